The molecule has 0 amide bonds. The predicted octanol–water partition coefficient (Wildman–Crippen LogP) is 3.88. The number of nitro benzene ring substituents is 1. The normalized spacial score (nSPS) is 10.2. The SMILES string of the molecule is Cc1ccc([N+](=O)[O-])c(C)c1-c1ccccc1. The van der Waals surface area contributed by atoms with Gasteiger partial charge in [-0.15, -0.1) is 0 Å². The summed E-state index contributed by atoms with van der Waals surface area (Å²) in [7, 11) is 0. The fourth-order valence-electron chi connectivity index (χ4n) is 2.08. The molecule has 0 radical (unpaired) electrons. The van der Waals surface area contributed by atoms with E-state index in [0.717, 1.165) is 22.3 Å². The topological polar surface area (TPSA) is 43.1 Å². The second-order valence-corrected chi connectivity index (χ2v) is 4.02. The van der Waals surface area contributed by atoms with Crippen LogP contribution >= 0.6 is 0 Å². The van der Waals surface area contributed by atoms with Gasteiger partial charge in [0.25, 0.3) is 5.69 Å². The van der Waals surface area contributed by atoms with E-state index >= 15 is 0 Å². The van der Waals surface area contributed by atoms with Gasteiger partial charge in [-0.3, -0.25) is 10.1 Å². The summed E-state index contributed by atoms with van der Waals surface area (Å²) in [6, 6.07) is 13.1. The number of nitrogens with zero attached hydrogens (tertiary/aromatic N) is 1. The molecular weight excluding hydrogens is 214 g/mol. The molecule has 0 bridgehead atoms. The highest BCUT2D eigenvalue weighted by molar-refractivity contribution is 5.74. The van der Waals surface area contributed by atoms with Crippen LogP contribution < -0.4 is 0 Å². The molecule has 0 fully saturated rings. The third-order valence-electron chi connectivity index (χ3n) is 2.90. The first-order chi connectivity index (χ1) is 8.11. The monoisotopic (exact) mass is 227 g/mol. The van der Waals surface area contributed by atoms with Crippen LogP contribution in [0.1, 0.15) is 11.1 Å². The lowest BCUT2D eigenvalue weighted by Gasteiger charge is -2.10. The van der Waals surface area contributed by atoms with Gasteiger partial charge in [-0.1, -0.05) is 36.4 Å². The van der Waals surface area contributed by atoms with Gasteiger partial charge in [-0.25, -0.2) is 0 Å². The van der Waals surface area contributed by atoms with Crippen molar-refractivity contribution in [2.75, 3.05) is 0 Å². The molecule has 3 heteroatoms. The fourth-order valence-corrected chi connectivity index (χ4v) is 2.08. The number of hydrogen-bond acceptors (Lipinski definition) is 2. The van der Waals surface area contributed by atoms with Gasteiger partial charge >= 0.3 is 0 Å². The third kappa shape index (κ3) is 2.04. The maximum Gasteiger partial charge on any atom is 0.272 e. The lowest BCUT2D eigenvalue weighted by molar-refractivity contribution is -0.385. The predicted molar refractivity (Wildman–Crippen MR) is 68.0 cm³/mol. The average Bonchev–Trinajstić information content (AvgIpc) is 2.30. The molecule has 2 rings (SSSR count). The van der Waals surface area contributed by atoms with E-state index in [1.165, 1.54) is 0 Å². The second kappa shape index (κ2) is 4.37. The number of benzene rings is 2. The summed E-state index contributed by atoms with van der Waals surface area (Å²) in [6.07, 6.45) is 0. The Balaban J connectivity index is 2.69. The number of hydrogen-bond donors (Lipinski definition) is 0. The second-order valence-electron chi connectivity index (χ2n) is 4.02. The highest BCUT2D eigenvalue weighted by Gasteiger charge is 2.16. The number of rotatable bonds is 2. The van der Waals surface area contributed by atoms with E-state index in [-0.39, 0.29) is 10.6 Å². The maximum absolute atomic E-state index is 10.9. The van der Waals surface area contributed by atoms with Gasteiger partial charge in [0.05, 0.1) is 4.92 Å². The molecule has 0 saturated carbocycles. The molecule has 0 aliphatic rings. The van der Waals surface area contributed by atoms with Gasteiger partial charge in [-0.2, -0.15) is 0 Å². The molecule has 0 aromatic heterocycles. The Bertz CT molecular complexity index is 562. The molecule has 0 heterocycles. The standard InChI is InChI=1S/C14H13NO2/c1-10-8-9-13(15(16)17)11(2)14(10)12-6-4-3-5-7-12/h3-9H,1-2H3. The Labute approximate surface area is 99.9 Å². The van der Waals surface area contributed by atoms with Crippen molar-refractivity contribution in [2.24, 2.45) is 0 Å². The van der Waals surface area contributed by atoms with Crippen LogP contribution in [0.3, 0.4) is 0 Å². The molecule has 0 atom stereocenters. The molecule has 86 valence electrons. The first kappa shape index (κ1) is 11.3. The summed E-state index contributed by atoms with van der Waals surface area (Å²) in [5, 5.41) is 10.9. The lowest BCUT2D eigenvalue weighted by atomic mass is 9.95. The fraction of sp³-hybridized carbons (Fsp3) is 0.143. The molecule has 0 saturated heterocycles. The van der Waals surface area contributed by atoms with E-state index in [0.29, 0.717) is 0 Å². The van der Waals surface area contributed by atoms with Crippen molar-refractivity contribution in [1.29, 1.82) is 0 Å². The van der Waals surface area contributed by atoms with Gasteiger partial charge in [0, 0.05) is 11.6 Å². The van der Waals surface area contributed by atoms with E-state index < -0.39 is 0 Å². The number of nitro groups is 1. The lowest BCUT2D eigenvalue weighted by Crippen LogP contribution is -1.96. The summed E-state index contributed by atoms with van der Waals surface area (Å²) < 4.78 is 0. The van der Waals surface area contributed by atoms with Gasteiger partial charge in [-0.05, 0) is 30.5 Å². The zero-order chi connectivity index (χ0) is 12.4. The highest BCUT2D eigenvalue weighted by Crippen LogP contribution is 2.32. The van der Waals surface area contributed by atoms with Gasteiger partial charge in [0.1, 0.15) is 0 Å². The van der Waals surface area contributed by atoms with Crippen LogP contribution in [0.15, 0.2) is 42.5 Å². The Morgan fingerprint density at radius 1 is 1.00 bits per heavy atom. The Morgan fingerprint density at radius 3 is 2.24 bits per heavy atom. The van der Waals surface area contributed by atoms with Gasteiger partial charge in [0.2, 0.25) is 0 Å². The minimum atomic E-state index is -0.332. The Morgan fingerprint density at radius 2 is 1.65 bits per heavy atom. The van der Waals surface area contributed by atoms with E-state index in [1.54, 1.807) is 19.1 Å². The molecule has 0 unspecified atom stereocenters. The summed E-state index contributed by atoms with van der Waals surface area (Å²) in [4.78, 5) is 10.6. The minimum absolute atomic E-state index is 0.175. The smallest absolute Gasteiger partial charge is 0.258 e. The Kier molecular flexibility index (Phi) is 2.91. The highest BCUT2D eigenvalue weighted by atomic mass is 16.6. The number of aryl methyl sites for hydroxylation is 1. The van der Waals surface area contributed by atoms with Crippen molar-refractivity contribution in [2.45, 2.75) is 13.8 Å². The third-order valence-corrected chi connectivity index (χ3v) is 2.90. The average molecular weight is 227 g/mol. The summed E-state index contributed by atoms with van der Waals surface area (Å²) in [5.41, 5.74) is 3.93. The first-order valence-electron chi connectivity index (χ1n) is 5.41. The largest absolute Gasteiger partial charge is 0.272 e. The molecule has 2 aromatic carbocycles. The zero-order valence-electron chi connectivity index (χ0n) is 9.81. The molecule has 2 aromatic rings. The summed E-state index contributed by atoms with van der Waals surface area (Å²) in [6.45, 7) is 3.77. The van der Waals surface area contributed by atoms with Crippen LogP contribution in [0.4, 0.5) is 5.69 Å². The van der Waals surface area contributed by atoms with Crippen molar-refractivity contribution in [3.05, 3.63) is 63.7 Å². The van der Waals surface area contributed by atoms with E-state index in [2.05, 4.69) is 0 Å². The van der Waals surface area contributed by atoms with Crippen LogP contribution in [0, 0.1) is 24.0 Å². The Hall–Kier alpha value is -2.16. The van der Waals surface area contributed by atoms with Gasteiger partial charge in [0.15, 0.2) is 0 Å². The van der Waals surface area contributed by atoms with Crippen LogP contribution in [0.25, 0.3) is 11.1 Å². The molecule has 0 spiro atoms. The first-order valence-corrected chi connectivity index (χ1v) is 5.41. The summed E-state index contributed by atoms with van der Waals surface area (Å²) in [5.74, 6) is 0. The summed E-state index contributed by atoms with van der Waals surface area (Å²) >= 11 is 0. The zero-order valence-corrected chi connectivity index (χ0v) is 9.81. The van der Waals surface area contributed by atoms with E-state index in [1.807, 2.05) is 37.3 Å². The van der Waals surface area contributed by atoms with Gasteiger partial charge < -0.3 is 0 Å². The van der Waals surface area contributed by atoms with Crippen LogP contribution in [-0.4, -0.2) is 4.92 Å². The van der Waals surface area contributed by atoms with Crippen molar-refractivity contribution in [3.63, 3.8) is 0 Å². The van der Waals surface area contributed by atoms with E-state index in [4.69, 9.17) is 0 Å². The maximum atomic E-state index is 10.9. The molecule has 17 heavy (non-hydrogen) atoms. The molecule has 0 aliphatic heterocycles. The van der Waals surface area contributed by atoms with Crippen molar-refractivity contribution < 1.29 is 4.92 Å². The van der Waals surface area contributed by atoms with Crippen LogP contribution in [0.5, 0.6) is 0 Å². The van der Waals surface area contributed by atoms with E-state index in [9.17, 15) is 10.1 Å². The minimum Gasteiger partial charge on any atom is -0.258 e. The molecular formula is C14H13NO2. The quantitative estimate of drug-likeness (QED) is 0.577. The van der Waals surface area contributed by atoms with Crippen LogP contribution in [0.2, 0.25) is 0 Å². The molecule has 0 aliphatic carbocycles. The van der Waals surface area contributed by atoms with Crippen molar-refractivity contribution in [1.82, 2.24) is 0 Å². The van der Waals surface area contributed by atoms with Crippen molar-refractivity contribution >= 4 is 5.69 Å². The molecule has 3 nitrogen and oxygen atoms in total. The van der Waals surface area contributed by atoms with Crippen LogP contribution in [-0.2, 0) is 0 Å². The molecule has 0 N–H and O–H groups in total. The van der Waals surface area contributed by atoms with Crippen molar-refractivity contribution in [3.8, 4) is 11.1 Å².